The molecule has 0 radical (unpaired) electrons. The van der Waals surface area contributed by atoms with Crippen LogP contribution in [-0.2, 0) is 4.74 Å². The Hall–Kier alpha value is -0.430. The van der Waals surface area contributed by atoms with Crippen molar-refractivity contribution in [3.05, 3.63) is 22.9 Å². The summed E-state index contributed by atoms with van der Waals surface area (Å²) < 4.78 is 5.01. The van der Waals surface area contributed by atoms with Gasteiger partial charge in [0.1, 0.15) is 5.76 Å². The van der Waals surface area contributed by atoms with Crippen LogP contribution in [0.4, 0.5) is 0 Å². The van der Waals surface area contributed by atoms with Crippen LogP contribution >= 0.6 is 11.6 Å². The van der Waals surface area contributed by atoms with E-state index in [4.69, 9.17) is 16.3 Å². The highest BCUT2D eigenvalue weighted by Gasteiger charge is 2.01. The Labute approximate surface area is 81.1 Å². The average Bonchev–Trinajstić information content (AvgIpc) is 2.10. The second-order valence-corrected chi connectivity index (χ2v) is 2.45. The molecule has 0 saturated carbocycles. The largest absolute Gasteiger partial charge is 0.500 e. The number of hydrogen-bond donors (Lipinski definition) is 0. The predicted octanol–water partition coefficient (Wildman–Crippen LogP) is 4.10. The van der Waals surface area contributed by atoms with E-state index < -0.39 is 0 Å². The van der Waals surface area contributed by atoms with E-state index in [0.717, 1.165) is 17.8 Å². The van der Waals surface area contributed by atoms with Crippen molar-refractivity contribution in [1.29, 1.82) is 0 Å². The highest BCUT2D eigenvalue weighted by atomic mass is 35.5. The summed E-state index contributed by atoms with van der Waals surface area (Å²) in [5.41, 5.74) is 0.848. The molecule has 0 rings (SSSR count). The van der Waals surface area contributed by atoms with Crippen LogP contribution in [-0.4, -0.2) is 7.11 Å². The van der Waals surface area contributed by atoms with Gasteiger partial charge in [0.05, 0.1) is 12.1 Å². The summed E-state index contributed by atoms with van der Waals surface area (Å²) in [6.07, 6.45) is 0.808. The first-order valence-corrected chi connectivity index (χ1v) is 4.59. The van der Waals surface area contributed by atoms with Gasteiger partial charge < -0.3 is 4.74 Å². The van der Waals surface area contributed by atoms with Gasteiger partial charge in [-0.1, -0.05) is 39.0 Å². The van der Waals surface area contributed by atoms with Gasteiger partial charge in [-0.2, -0.15) is 0 Å². The van der Waals surface area contributed by atoms with Gasteiger partial charge in [-0.3, -0.25) is 0 Å². The smallest absolute Gasteiger partial charge is 0.114 e. The van der Waals surface area contributed by atoms with Gasteiger partial charge in [-0.15, -0.1) is 0 Å². The fourth-order valence-corrected chi connectivity index (χ4v) is 0.838. The lowest BCUT2D eigenvalue weighted by Gasteiger charge is -2.05. The maximum atomic E-state index is 5.84. The third kappa shape index (κ3) is 5.25. The molecule has 0 aromatic carbocycles. The van der Waals surface area contributed by atoms with Gasteiger partial charge in [0.15, 0.2) is 0 Å². The molecule has 0 spiro atoms. The Balaban J connectivity index is 0. The summed E-state index contributed by atoms with van der Waals surface area (Å²) in [4.78, 5) is 0. The molecule has 0 aliphatic rings. The highest BCUT2D eigenvalue weighted by molar-refractivity contribution is 6.32. The normalized spacial score (nSPS) is 10.8. The topological polar surface area (TPSA) is 9.23 Å². The summed E-state index contributed by atoms with van der Waals surface area (Å²) in [5, 5.41) is 0.644. The number of ether oxygens (including phenoxy) is 1. The van der Waals surface area contributed by atoms with E-state index in [1.807, 2.05) is 27.7 Å². The van der Waals surface area contributed by atoms with Crippen molar-refractivity contribution >= 4 is 11.6 Å². The van der Waals surface area contributed by atoms with Gasteiger partial charge in [0.25, 0.3) is 0 Å². The molecule has 0 aromatic heterocycles. The molecule has 0 bridgehead atoms. The predicted molar refractivity (Wildman–Crippen MR) is 56.3 cm³/mol. The zero-order valence-electron chi connectivity index (χ0n) is 8.70. The lowest BCUT2D eigenvalue weighted by atomic mass is 10.2. The van der Waals surface area contributed by atoms with E-state index >= 15 is 0 Å². The van der Waals surface area contributed by atoms with Gasteiger partial charge in [0.2, 0.25) is 0 Å². The summed E-state index contributed by atoms with van der Waals surface area (Å²) in [5.74, 6) is 0.800. The molecule has 0 N–H and O–H groups in total. The Morgan fingerprint density at radius 2 is 1.83 bits per heavy atom. The first-order chi connectivity index (χ1) is 5.63. The van der Waals surface area contributed by atoms with E-state index in [0.29, 0.717) is 5.03 Å². The first kappa shape index (κ1) is 14.1. The van der Waals surface area contributed by atoms with Crippen LogP contribution < -0.4 is 0 Å². The molecular formula is C10H19ClO. The van der Waals surface area contributed by atoms with Crippen LogP contribution in [0.1, 0.15) is 34.1 Å². The van der Waals surface area contributed by atoms with Crippen LogP contribution in [0.25, 0.3) is 0 Å². The standard InChI is InChI=1S/C8H13ClO.C2H6/c1-5-7(10-4)8(9)6(2)3;1-2/h2,5H2,1,3-4H3;1-2H3/b8-7-;. The molecule has 2 heteroatoms. The second kappa shape index (κ2) is 8.66. The van der Waals surface area contributed by atoms with Crippen molar-refractivity contribution < 1.29 is 4.74 Å². The molecular weight excluding hydrogens is 172 g/mol. The minimum atomic E-state index is 0.644. The molecule has 12 heavy (non-hydrogen) atoms. The molecule has 72 valence electrons. The monoisotopic (exact) mass is 190 g/mol. The Morgan fingerprint density at radius 1 is 1.42 bits per heavy atom. The lowest BCUT2D eigenvalue weighted by molar-refractivity contribution is 0.279. The summed E-state index contributed by atoms with van der Waals surface area (Å²) >= 11 is 5.84. The fraction of sp³-hybridized carbons (Fsp3) is 0.600. The second-order valence-electron chi connectivity index (χ2n) is 2.08. The van der Waals surface area contributed by atoms with Crippen molar-refractivity contribution in [3.8, 4) is 0 Å². The SMILES string of the molecule is C=C(C)/C(Cl)=C(\CC)OC.CC. The Morgan fingerprint density at radius 3 is 1.92 bits per heavy atom. The molecule has 0 amide bonds. The van der Waals surface area contributed by atoms with E-state index in [1.54, 1.807) is 7.11 Å². The summed E-state index contributed by atoms with van der Waals surface area (Å²) in [7, 11) is 1.62. The van der Waals surface area contributed by atoms with Crippen molar-refractivity contribution in [3.63, 3.8) is 0 Å². The Kier molecular flexibility index (Phi) is 10.2. The lowest BCUT2D eigenvalue weighted by Crippen LogP contribution is -1.88. The first-order valence-electron chi connectivity index (χ1n) is 4.22. The number of allylic oxidation sites excluding steroid dienone is 3. The molecule has 0 unspecified atom stereocenters. The average molecular weight is 191 g/mol. The van der Waals surface area contributed by atoms with E-state index in [9.17, 15) is 0 Å². The zero-order valence-corrected chi connectivity index (χ0v) is 9.46. The van der Waals surface area contributed by atoms with Crippen molar-refractivity contribution in [1.82, 2.24) is 0 Å². The van der Waals surface area contributed by atoms with Crippen molar-refractivity contribution in [2.45, 2.75) is 34.1 Å². The minimum Gasteiger partial charge on any atom is -0.500 e. The fourth-order valence-electron chi connectivity index (χ4n) is 0.627. The molecule has 0 atom stereocenters. The third-order valence-electron chi connectivity index (χ3n) is 1.19. The van der Waals surface area contributed by atoms with Crippen molar-refractivity contribution in [2.24, 2.45) is 0 Å². The maximum absolute atomic E-state index is 5.84. The van der Waals surface area contributed by atoms with E-state index in [1.165, 1.54) is 0 Å². The molecule has 1 nitrogen and oxygen atoms in total. The van der Waals surface area contributed by atoms with Crippen LogP contribution in [0.3, 0.4) is 0 Å². The number of halogens is 1. The number of hydrogen-bond acceptors (Lipinski definition) is 1. The number of methoxy groups -OCH3 is 1. The van der Waals surface area contributed by atoms with Crippen molar-refractivity contribution in [2.75, 3.05) is 7.11 Å². The Bertz CT molecular complexity index is 153. The van der Waals surface area contributed by atoms with Crippen LogP contribution in [0.5, 0.6) is 0 Å². The molecule has 0 heterocycles. The van der Waals surface area contributed by atoms with Gasteiger partial charge >= 0.3 is 0 Å². The molecule has 0 saturated heterocycles. The maximum Gasteiger partial charge on any atom is 0.114 e. The van der Waals surface area contributed by atoms with Gasteiger partial charge in [-0.25, -0.2) is 0 Å². The summed E-state index contributed by atoms with van der Waals surface area (Å²) in [6.45, 7) is 11.6. The van der Waals surface area contributed by atoms with Gasteiger partial charge in [0, 0.05) is 6.42 Å². The quantitative estimate of drug-likeness (QED) is 0.481. The van der Waals surface area contributed by atoms with Crippen LogP contribution in [0, 0.1) is 0 Å². The van der Waals surface area contributed by atoms with E-state index in [2.05, 4.69) is 6.58 Å². The molecule has 0 aliphatic carbocycles. The molecule has 0 fully saturated rings. The zero-order chi connectivity index (χ0) is 10.1. The third-order valence-corrected chi connectivity index (χ3v) is 1.72. The van der Waals surface area contributed by atoms with Gasteiger partial charge in [-0.05, 0) is 12.5 Å². The van der Waals surface area contributed by atoms with Crippen LogP contribution in [0.15, 0.2) is 22.9 Å². The highest BCUT2D eigenvalue weighted by Crippen LogP contribution is 2.19. The minimum absolute atomic E-state index is 0.644. The summed E-state index contributed by atoms with van der Waals surface area (Å²) in [6, 6.07) is 0. The molecule has 0 aliphatic heterocycles. The van der Waals surface area contributed by atoms with Crippen LogP contribution in [0.2, 0.25) is 0 Å². The number of rotatable bonds is 3. The van der Waals surface area contributed by atoms with E-state index in [-0.39, 0.29) is 0 Å². The molecule has 0 aromatic rings.